The summed E-state index contributed by atoms with van der Waals surface area (Å²) in [5.41, 5.74) is 6.32. The molecular formula is C11H14FNO2. The lowest BCUT2D eigenvalue weighted by atomic mass is 10.00. The molecule has 1 rings (SSSR count). The molecule has 0 aromatic heterocycles. The van der Waals surface area contributed by atoms with E-state index in [1.807, 2.05) is 0 Å². The molecule has 0 aliphatic rings. The number of carbonyl (C=O) groups is 1. The van der Waals surface area contributed by atoms with Crippen LogP contribution in [0, 0.1) is 11.7 Å². The van der Waals surface area contributed by atoms with E-state index in [4.69, 9.17) is 5.73 Å². The van der Waals surface area contributed by atoms with E-state index < -0.39 is 0 Å². The van der Waals surface area contributed by atoms with E-state index in [0.717, 1.165) is 5.56 Å². The van der Waals surface area contributed by atoms with Crippen LogP contribution >= 0.6 is 0 Å². The van der Waals surface area contributed by atoms with Crippen molar-refractivity contribution in [2.75, 3.05) is 13.7 Å². The van der Waals surface area contributed by atoms with Gasteiger partial charge in [0.15, 0.2) is 0 Å². The molecule has 1 aromatic rings. The molecule has 0 saturated heterocycles. The molecule has 0 aliphatic heterocycles. The molecule has 0 bridgehead atoms. The van der Waals surface area contributed by atoms with Crippen LogP contribution in [0.3, 0.4) is 0 Å². The number of rotatable bonds is 4. The van der Waals surface area contributed by atoms with Gasteiger partial charge in [-0.15, -0.1) is 0 Å². The third-order valence-corrected chi connectivity index (χ3v) is 2.21. The molecule has 0 spiro atoms. The van der Waals surface area contributed by atoms with Crippen molar-refractivity contribution in [2.45, 2.75) is 6.42 Å². The van der Waals surface area contributed by atoms with Crippen LogP contribution in [-0.4, -0.2) is 19.6 Å². The minimum absolute atomic E-state index is 0.226. The number of hydrogen-bond donors (Lipinski definition) is 1. The van der Waals surface area contributed by atoms with Crippen LogP contribution in [-0.2, 0) is 16.0 Å². The predicted octanol–water partition coefficient (Wildman–Crippen LogP) is 1.12. The number of nitrogens with two attached hydrogens (primary N) is 1. The molecule has 3 nitrogen and oxygen atoms in total. The number of ether oxygens (including phenoxy) is 1. The highest BCUT2D eigenvalue weighted by Gasteiger charge is 2.17. The van der Waals surface area contributed by atoms with Crippen molar-refractivity contribution < 1.29 is 13.9 Å². The van der Waals surface area contributed by atoms with Crippen molar-refractivity contribution in [1.29, 1.82) is 0 Å². The van der Waals surface area contributed by atoms with Crippen LogP contribution in [0.15, 0.2) is 24.3 Å². The van der Waals surface area contributed by atoms with E-state index in [9.17, 15) is 9.18 Å². The molecule has 0 heterocycles. The monoisotopic (exact) mass is 211 g/mol. The maximum atomic E-state index is 12.6. The molecule has 0 aliphatic carbocycles. The number of carbonyl (C=O) groups excluding carboxylic acids is 1. The van der Waals surface area contributed by atoms with Crippen molar-refractivity contribution in [2.24, 2.45) is 11.7 Å². The average Bonchev–Trinajstić information content (AvgIpc) is 2.27. The van der Waals surface area contributed by atoms with Gasteiger partial charge >= 0.3 is 5.97 Å². The molecule has 0 saturated carbocycles. The highest BCUT2D eigenvalue weighted by atomic mass is 19.1. The Hall–Kier alpha value is -1.42. The first-order valence-corrected chi connectivity index (χ1v) is 4.69. The Balaban J connectivity index is 2.66. The van der Waals surface area contributed by atoms with Crippen LogP contribution in [0.2, 0.25) is 0 Å². The fourth-order valence-corrected chi connectivity index (χ4v) is 1.33. The Morgan fingerprint density at radius 1 is 1.47 bits per heavy atom. The first-order valence-electron chi connectivity index (χ1n) is 4.69. The Kier molecular flexibility index (Phi) is 4.24. The lowest BCUT2D eigenvalue weighted by molar-refractivity contribution is -0.145. The maximum Gasteiger partial charge on any atom is 0.310 e. The number of esters is 1. The van der Waals surface area contributed by atoms with Crippen LogP contribution in [0.25, 0.3) is 0 Å². The summed E-state index contributed by atoms with van der Waals surface area (Å²) in [7, 11) is 1.33. The van der Waals surface area contributed by atoms with Gasteiger partial charge in [0.2, 0.25) is 0 Å². The van der Waals surface area contributed by atoms with Gasteiger partial charge in [0.25, 0.3) is 0 Å². The van der Waals surface area contributed by atoms with E-state index in [1.165, 1.54) is 19.2 Å². The highest BCUT2D eigenvalue weighted by molar-refractivity contribution is 5.72. The third-order valence-electron chi connectivity index (χ3n) is 2.21. The second-order valence-electron chi connectivity index (χ2n) is 3.29. The first-order chi connectivity index (χ1) is 7.17. The lowest BCUT2D eigenvalue weighted by Gasteiger charge is -2.11. The summed E-state index contributed by atoms with van der Waals surface area (Å²) in [5, 5.41) is 0. The largest absolute Gasteiger partial charge is 0.469 e. The highest BCUT2D eigenvalue weighted by Crippen LogP contribution is 2.10. The van der Waals surface area contributed by atoms with Gasteiger partial charge in [-0.2, -0.15) is 0 Å². The van der Waals surface area contributed by atoms with Crippen LogP contribution in [0.5, 0.6) is 0 Å². The molecule has 4 heteroatoms. The Bertz CT molecular complexity index is 324. The molecule has 1 aromatic carbocycles. The smallest absolute Gasteiger partial charge is 0.310 e. The fraction of sp³-hybridized carbons (Fsp3) is 0.364. The van der Waals surface area contributed by atoms with Gasteiger partial charge in [-0.3, -0.25) is 4.79 Å². The molecule has 15 heavy (non-hydrogen) atoms. The first kappa shape index (κ1) is 11.7. The van der Waals surface area contributed by atoms with E-state index in [1.54, 1.807) is 12.1 Å². The van der Waals surface area contributed by atoms with Crippen molar-refractivity contribution >= 4 is 5.97 Å². The summed E-state index contributed by atoms with van der Waals surface area (Å²) in [4.78, 5) is 11.2. The van der Waals surface area contributed by atoms with Crippen molar-refractivity contribution in [1.82, 2.24) is 0 Å². The van der Waals surface area contributed by atoms with E-state index in [-0.39, 0.29) is 24.2 Å². The minimum atomic E-state index is -0.361. The molecule has 0 radical (unpaired) electrons. The summed E-state index contributed by atoms with van der Waals surface area (Å²) in [6.07, 6.45) is 0.476. The quantitative estimate of drug-likeness (QED) is 0.759. The maximum absolute atomic E-state index is 12.6. The van der Waals surface area contributed by atoms with Crippen molar-refractivity contribution in [3.63, 3.8) is 0 Å². The summed E-state index contributed by atoms with van der Waals surface area (Å²) < 4.78 is 17.2. The summed E-state index contributed by atoms with van der Waals surface area (Å²) in [5.74, 6) is -0.983. The molecular weight excluding hydrogens is 197 g/mol. The Morgan fingerprint density at radius 3 is 2.53 bits per heavy atom. The molecule has 2 N–H and O–H groups in total. The molecule has 0 fully saturated rings. The van der Waals surface area contributed by atoms with Crippen LogP contribution in [0.1, 0.15) is 5.56 Å². The second-order valence-corrected chi connectivity index (χ2v) is 3.29. The molecule has 0 amide bonds. The van der Waals surface area contributed by atoms with Gasteiger partial charge in [-0.25, -0.2) is 4.39 Å². The minimum Gasteiger partial charge on any atom is -0.469 e. The normalized spacial score (nSPS) is 12.2. The zero-order chi connectivity index (χ0) is 11.3. The third kappa shape index (κ3) is 3.32. The number of benzene rings is 1. The van der Waals surface area contributed by atoms with E-state index in [0.29, 0.717) is 6.42 Å². The number of halogens is 1. The predicted molar refractivity (Wildman–Crippen MR) is 54.7 cm³/mol. The number of hydrogen-bond acceptors (Lipinski definition) is 3. The summed E-state index contributed by atoms with van der Waals surface area (Å²) in [6.45, 7) is 0.226. The van der Waals surface area contributed by atoms with Crippen molar-refractivity contribution in [3.8, 4) is 0 Å². The summed E-state index contributed by atoms with van der Waals surface area (Å²) in [6, 6.07) is 6.00. The zero-order valence-electron chi connectivity index (χ0n) is 8.57. The summed E-state index contributed by atoms with van der Waals surface area (Å²) >= 11 is 0. The SMILES string of the molecule is COC(=O)[C@@H](CN)Cc1ccc(F)cc1. The van der Waals surface area contributed by atoms with E-state index in [2.05, 4.69) is 4.74 Å². The van der Waals surface area contributed by atoms with Crippen LogP contribution in [0.4, 0.5) is 4.39 Å². The topological polar surface area (TPSA) is 52.3 Å². The Labute approximate surface area is 88.0 Å². The van der Waals surface area contributed by atoms with Gasteiger partial charge in [0, 0.05) is 6.54 Å². The second kappa shape index (κ2) is 5.46. The van der Waals surface area contributed by atoms with Gasteiger partial charge in [-0.05, 0) is 24.1 Å². The zero-order valence-corrected chi connectivity index (χ0v) is 8.57. The van der Waals surface area contributed by atoms with E-state index >= 15 is 0 Å². The standard InChI is InChI=1S/C11H14FNO2/c1-15-11(14)9(7-13)6-8-2-4-10(12)5-3-8/h2-5,9H,6-7,13H2,1H3/t9-/m1/s1. The molecule has 82 valence electrons. The lowest BCUT2D eigenvalue weighted by Crippen LogP contribution is -2.26. The van der Waals surface area contributed by atoms with Gasteiger partial charge < -0.3 is 10.5 Å². The van der Waals surface area contributed by atoms with Gasteiger partial charge in [0.05, 0.1) is 13.0 Å². The molecule has 1 atom stereocenters. The number of methoxy groups -OCH3 is 1. The average molecular weight is 211 g/mol. The van der Waals surface area contributed by atoms with Gasteiger partial charge in [0.1, 0.15) is 5.82 Å². The fourth-order valence-electron chi connectivity index (χ4n) is 1.33. The van der Waals surface area contributed by atoms with Crippen molar-refractivity contribution in [3.05, 3.63) is 35.6 Å². The van der Waals surface area contributed by atoms with Crippen LogP contribution < -0.4 is 5.73 Å². The molecule has 0 unspecified atom stereocenters. The van der Waals surface area contributed by atoms with Gasteiger partial charge in [-0.1, -0.05) is 12.1 Å². The Morgan fingerprint density at radius 2 is 2.07 bits per heavy atom.